The number of rotatable bonds is 5. The first-order chi connectivity index (χ1) is 12.1. The molecule has 0 aliphatic rings. The molecule has 1 aromatic heterocycles. The first-order valence-corrected chi connectivity index (χ1v) is 9.40. The standard InChI is InChI=1S/C18H18N4O2S/c1-3-16-20-17(22-21-16)14-6-4-5-7-15(14)19-18(23)12-8-10-13(11-9-12)25(2)24/h4-11H,3H2,1-2H3,(H,19,23)(H,20,21,22). The number of aryl methyl sites for hydroxylation is 1. The molecular formula is C18H18N4O2S. The molecule has 0 saturated carbocycles. The first-order valence-electron chi connectivity index (χ1n) is 7.84. The minimum atomic E-state index is -1.07. The number of carbonyl (C=O) groups is 1. The summed E-state index contributed by atoms with van der Waals surface area (Å²) >= 11 is 0. The van der Waals surface area contributed by atoms with Crippen molar-refractivity contribution < 1.29 is 9.00 Å². The lowest BCUT2D eigenvalue weighted by Crippen LogP contribution is -2.12. The summed E-state index contributed by atoms with van der Waals surface area (Å²) in [7, 11) is -1.07. The molecule has 25 heavy (non-hydrogen) atoms. The van der Waals surface area contributed by atoms with Gasteiger partial charge in [0.1, 0.15) is 5.82 Å². The number of para-hydroxylation sites is 1. The molecule has 128 valence electrons. The molecule has 1 heterocycles. The second-order valence-electron chi connectivity index (χ2n) is 5.44. The van der Waals surface area contributed by atoms with Crippen molar-refractivity contribution in [2.75, 3.05) is 11.6 Å². The third-order valence-electron chi connectivity index (χ3n) is 3.73. The number of carbonyl (C=O) groups excluding carboxylic acids is 1. The van der Waals surface area contributed by atoms with Crippen molar-refractivity contribution in [3.63, 3.8) is 0 Å². The quantitative estimate of drug-likeness (QED) is 0.737. The van der Waals surface area contributed by atoms with E-state index in [9.17, 15) is 9.00 Å². The van der Waals surface area contributed by atoms with Gasteiger partial charge in [0, 0.05) is 39.5 Å². The Hall–Kier alpha value is -2.80. The van der Waals surface area contributed by atoms with E-state index >= 15 is 0 Å². The van der Waals surface area contributed by atoms with Crippen LogP contribution in [0.1, 0.15) is 23.1 Å². The maximum absolute atomic E-state index is 12.5. The fraction of sp³-hybridized carbons (Fsp3) is 0.167. The zero-order valence-corrected chi connectivity index (χ0v) is 14.8. The predicted molar refractivity (Wildman–Crippen MR) is 97.9 cm³/mol. The van der Waals surface area contributed by atoms with Gasteiger partial charge < -0.3 is 5.32 Å². The number of amides is 1. The number of aromatic amines is 1. The molecule has 0 spiro atoms. The van der Waals surface area contributed by atoms with Gasteiger partial charge in [0.05, 0.1) is 5.69 Å². The fourth-order valence-electron chi connectivity index (χ4n) is 2.35. The molecule has 2 N–H and O–H groups in total. The Morgan fingerprint density at radius 2 is 1.88 bits per heavy atom. The molecule has 1 unspecified atom stereocenters. The van der Waals surface area contributed by atoms with Crippen LogP contribution in [0, 0.1) is 0 Å². The lowest BCUT2D eigenvalue weighted by molar-refractivity contribution is 0.102. The van der Waals surface area contributed by atoms with Crippen molar-refractivity contribution in [1.82, 2.24) is 15.2 Å². The van der Waals surface area contributed by atoms with E-state index in [0.29, 0.717) is 22.0 Å². The zero-order chi connectivity index (χ0) is 17.8. The summed E-state index contributed by atoms with van der Waals surface area (Å²) in [6.07, 6.45) is 2.36. The van der Waals surface area contributed by atoms with Crippen LogP contribution in [0.5, 0.6) is 0 Å². The lowest BCUT2D eigenvalue weighted by Gasteiger charge is -2.09. The van der Waals surface area contributed by atoms with Gasteiger partial charge in [-0.25, -0.2) is 4.98 Å². The minimum absolute atomic E-state index is 0.243. The SMILES string of the molecule is CCc1nc(-c2ccccc2NC(=O)c2ccc(S(C)=O)cc2)n[nH]1. The third kappa shape index (κ3) is 3.83. The van der Waals surface area contributed by atoms with Crippen LogP contribution in [0.25, 0.3) is 11.4 Å². The Morgan fingerprint density at radius 1 is 1.16 bits per heavy atom. The van der Waals surface area contributed by atoms with Crippen LogP contribution >= 0.6 is 0 Å². The average molecular weight is 354 g/mol. The molecule has 1 atom stereocenters. The number of benzene rings is 2. The van der Waals surface area contributed by atoms with Crippen LogP contribution in [0.2, 0.25) is 0 Å². The highest BCUT2D eigenvalue weighted by Gasteiger charge is 2.13. The van der Waals surface area contributed by atoms with Crippen LogP contribution in [0.4, 0.5) is 5.69 Å². The second-order valence-corrected chi connectivity index (χ2v) is 6.82. The summed E-state index contributed by atoms with van der Waals surface area (Å²) in [5.41, 5.74) is 1.88. The topological polar surface area (TPSA) is 87.7 Å². The highest BCUT2D eigenvalue weighted by Crippen LogP contribution is 2.25. The summed E-state index contributed by atoms with van der Waals surface area (Å²) in [4.78, 5) is 17.6. The van der Waals surface area contributed by atoms with Crippen molar-refractivity contribution in [3.8, 4) is 11.4 Å². The van der Waals surface area contributed by atoms with E-state index in [-0.39, 0.29) is 5.91 Å². The van der Waals surface area contributed by atoms with Crippen LogP contribution in [0.3, 0.4) is 0 Å². The number of H-pyrrole nitrogens is 1. The Labute approximate surface area is 148 Å². The van der Waals surface area contributed by atoms with Crippen LogP contribution in [-0.2, 0) is 17.2 Å². The molecule has 2 aromatic carbocycles. The Balaban J connectivity index is 1.85. The summed E-state index contributed by atoms with van der Waals surface area (Å²) in [6, 6.07) is 14.1. The van der Waals surface area contributed by atoms with Crippen LogP contribution in [-0.4, -0.2) is 31.6 Å². The Kier molecular flexibility index (Phi) is 5.04. The molecular weight excluding hydrogens is 336 g/mol. The van der Waals surface area contributed by atoms with Crippen molar-refractivity contribution in [3.05, 3.63) is 59.9 Å². The number of hydrogen-bond acceptors (Lipinski definition) is 4. The van der Waals surface area contributed by atoms with Gasteiger partial charge in [-0.3, -0.25) is 14.1 Å². The molecule has 0 radical (unpaired) electrons. The van der Waals surface area contributed by atoms with E-state index in [1.54, 1.807) is 30.5 Å². The van der Waals surface area contributed by atoms with Gasteiger partial charge in [-0.05, 0) is 36.4 Å². The molecule has 1 amide bonds. The van der Waals surface area contributed by atoms with Gasteiger partial charge in [0.15, 0.2) is 5.82 Å². The summed E-state index contributed by atoms with van der Waals surface area (Å²) in [6.45, 7) is 1.99. The monoisotopic (exact) mass is 354 g/mol. The van der Waals surface area contributed by atoms with Gasteiger partial charge in [-0.2, -0.15) is 5.10 Å². The Bertz CT molecular complexity index is 919. The predicted octanol–water partition coefficient (Wildman–Crippen LogP) is 3.02. The normalized spacial score (nSPS) is 11.9. The van der Waals surface area contributed by atoms with Crippen LogP contribution < -0.4 is 5.32 Å². The van der Waals surface area contributed by atoms with E-state index in [2.05, 4.69) is 20.5 Å². The number of nitrogens with one attached hydrogen (secondary N) is 2. The van der Waals surface area contributed by atoms with Gasteiger partial charge in [0.2, 0.25) is 0 Å². The van der Waals surface area contributed by atoms with Gasteiger partial charge in [-0.15, -0.1) is 0 Å². The highest BCUT2D eigenvalue weighted by atomic mass is 32.2. The minimum Gasteiger partial charge on any atom is -0.321 e. The molecule has 0 bridgehead atoms. The molecule has 7 heteroatoms. The fourth-order valence-corrected chi connectivity index (χ4v) is 2.87. The maximum atomic E-state index is 12.5. The van der Waals surface area contributed by atoms with E-state index in [1.807, 2.05) is 31.2 Å². The zero-order valence-electron chi connectivity index (χ0n) is 13.9. The van der Waals surface area contributed by atoms with Crippen molar-refractivity contribution in [2.24, 2.45) is 0 Å². The number of hydrogen-bond donors (Lipinski definition) is 2. The average Bonchev–Trinajstić information content (AvgIpc) is 3.11. The number of anilines is 1. The maximum Gasteiger partial charge on any atom is 0.255 e. The molecule has 3 aromatic rings. The molecule has 0 aliphatic heterocycles. The van der Waals surface area contributed by atoms with E-state index < -0.39 is 10.8 Å². The second kappa shape index (κ2) is 7.40. The molecule has 0 fully saturated rings. The molecule has 3 rings (SSSR count). The lowest BCUT2D eigenvalue weighted by atomic mass is 10.1. The Morgan fingerprint density at radius 3 is 2.52 bits per heavy atom. The molecule has 0 aliphatic carbocycles. The van der Waals surface area contributed by atoms with E-state index in [1.165, 1.54) is 0 Å². The van der Waals surface area contributed by atoms with Crippen molar-refractivity contribution >= 4 is 22.4 Å². The smallest absolute Gasteiger partial charge is 0.255 e. The van der Waals surface area contributed by atoms with Crippen molar-refractivity contribution in [1.29, 1.82) is 0 Å². The summed E-state index contributed by atoms with van der Waals surface area (Å²) in [5.74, 6) is 1.09. The van der Waals surface area contributed by atoms with Gasteiger partial charge in [-0.1, -0.05) is 19.1 Å². The number of nitrogens with zero attached hydrogens (tertiary/aromatic N) is 2. The first kappa shape index (κ1) is 17.0. The largest absolute Gasteiger partial charge is 0.321 e. The van der Waals surface area contributed by atoms with Crippen LogP contribution in [0.15, 0.2) is 53.4 Å². The molecule has 6 nitrogen and oxygen atoms in total. The summed E-state index contributed by atoms with van der Waals surface area (Å²) < 4.78 is 11.4. The van der Waals surface area contributed by atoms with Crippen molar-refractivity contribution in [2.45, 2.75) is 18.2 Å². The van der Waals surface area contributed by atoms with E-state index in [0.717, 1.165) is 17.8 Å². The van der Waals surface area contributed by atoms with Gasteiger partial charge >= 0.3 is 0 Å². The van der Waals surface area contributed by atoms with E-state index in [4.69, 9.17) is 0 Å². The summed E-state index contributed by atoms with van der Waals surface area (Å²) in [5, 5.41) is 9.98. The highest BCUT2D eigenvalue weighted by molar-refractivity contribution is 7.84. The molecule has 0 saturated heterocycles. The third-order valence-corrected chi connectivity index (χ3v) is 4.67. The number of aromatic nitrogens is 3. The van der Waals surface area contributed by atoms with Gasteiger partial charge in [0.25, 0.3) is 5.91 Å².